The van der Waals surface area contributed by atoms with Gasteiger partial charge in [0.05, 0.1) is 0 Å². The fourth-order valence-electron chi connectivity index (χ4n) is 0.350. The van der Waals surface area contributed by atoms with E-state index in [0.29, 0.717) is 6.54 Å². The van der Waals surface area contributed by atoms with Gasteiger partial charge in [-0.3, -0.25) is 14.7 Å². The molecule has 0 radical (unpaired) electrons. The number of hydrogen-bond donors (Lipinski definition) is 2. The Morgan fingerprint density at radius 2 is 1.30 bits per heavy atom. The minimum Gasteiger partial charge on any atom is -0.400 e. The Hall–Kier alpha value is -0.122. The summed E-state index contributed by atoms with van der Waals surface area (Å²) in [5.41, 5.74) is 0. The second-order valence-electron chi connectivity index (χ2n) is 1.54. The van der Waals surface area contributed by atoms with Gasteiger partial charge in [0.15, 0.2) is 0 Å². The predicted molar refractivity (Wildman–Crippen MR) is 93.0 cm³/mol. The third kappa shape index (κ3) is 147. The molecule has 0 aliphatic rings. The van der Waals surface area contributed by atoms with Crippen LogP contribution < -0.4 is 0 Å². The van der Waals surface area contributed by atoms with Crippen molar-refractivity contribution in [2.45, 2.75) is 55.4 Å². The summed E-state index contributed by atoms with van der Waals surface area (Å²) in [6.07, 6.45) is 3.99. The smallest absolute Gasteiger partial charge is 0.0448 e. The summed E-state index contributed by atoms with van der Waals surface area (Å²) in [5, 5.41) is 15.3. The van der Waals surface area contributed by atoms with Gasteiger partial charge in [-0.1, -0.05) is 49.0 Å². The van der Waals surface area contributed by atoms with Crippen molar-refractivity contribution in [1.82, 2.24) is 0 Å². The molecule has 0 amide bonds. The first-order valence-electron chi connectivity index (χ1n) is 6.38. The van der Waals surface area contributed by atoms with E-state index in [0.717, 1.165) is 13.5 Å². The molecule has 0 spiro atoms. The molecular weight excluding hydrogens is 442 g/mol. The molecule has 0 heterocycles. The topological polar surface area (TPSA) is 65.2 Å². The Labute approximate surface area is 142 Å². The zero-order chi connectivity index (χ0) is 14.9. The number of nitrogens with zero attached hydrogens (tertiary/aromatic N) is 2. The summed E-state index contributed by atoms with van der Waals surface area (Å²) < 4.78 is 0. The predicted octanol–water partition coefficient (Wildman–Crippen LogP) is 3.86. The molecule has 0 atom stereocenters. The van der Waals surface area contributed by atoms with Crippen LogP contribution in [0.2, 0.25) is 0 Å². The Kier molecular flexibility index (Phi) is 320. The number of aliphatic hydroxyl groups is 2. The number of aliphatic hydroxyl groups excluding tert-OH is 2. The monoisotopic (exact) mass is 484 g/mol. The van der Waals surface area contributed by atoms with E-state index in [4.69, 9.17) is 10.2 Å². The zero-order valence-corrected chi connectivity index (χ0v) is 16.1. The van der Waals surface area contributed by atoms with Crippen LogP contribution in [0.3, 0.4) is 0 Å². The Bertz CT molecular complexity index is 123. The van der Waals surface area contributed by atoms with Crippen molar-refractivity contribution < 1.29 is 37.4 Å². The molecule has 0 aliphatic carbocycles. The SMILES string of the molecule is C.CC.CC.CC.CN=CC=NCCCO.CO.F.[2HH].[Pt]. The van der Waals surface area contributed by atoms with E-state index < -0.39 is 0 Å². The molecule has 136 valence electrons. The van der Waals surface area contributed by atoms with Gasteiger partial charge in [-0.15, -0.1) is 0 Å². The number of hydrogen-bond acceptors (Lipinski definition) is 4. The number of aliphatic imine (C=N–C) groups is 2. The molecule has 0 aromatic rings. The fourth-order valence-corrected chi connectivity index (χ4v) is 0.350. The first-order valence-corrected chi connectivity index (χ1v) is 6.38. The van der Waals surface area contributed by atoms with Crippen LogP contribution in [0.25, 0.3) is 0 Å². The molecule has 0 aromatic heterocycles. The maximum Gasteiger partial charge on any atom is 0.0448 e. The third-order valence-corrected chi connectivity index (χ3v) is 0.766. The van der Waals surface area contributed by atoms with Gasteiger partial charge in [-0.2, -0.15) is 0 Å². The van der Waals surface area contributed by atoms with Crippen LogP contribution in [-0.4, -0.2) is 50.0 Å². The van der Waals surface area contributed by atoms with Crippen LogP contribution in [0, 0.1) is 0 Å². The Balaban J connectivity index is -0.0000000150. The van der Waals surface area contributed by atoms with Crippen molar-refractivity contribution in [3.05, 3.63) is 0 Å². The maximum absolute atomic E-state index is 8.32. The van der Waals surface area contributed by atoms with E-state index in [1.165, 1.54) is 0 Å². The first kappa shape index (κ1) is 50.2. The molecule has 0 aliphatic heterocycles. The van der Waals surface area contributed by atoms with Crippen LogP contribution in [0.4, 0.5) is 4.70 Å². The first-order chi connectivity index (χ1) is 8.41. The second-order valence-corrected chi connectivity index (χ2v) is 1.54. The molecule has 0 unspecified atom stereocenters. The molecule has 0 saturated carbocycles. The summed E-state index contributed by atoms with van der Waals surface area (Å²) in [6, 6.07) is 0. The molecule has 0 rings (SSSR count). The zero-order valence-electron chi connectivity index (χ0n) is 13.8. The second kappa shape index (κ2) is 128. The van der Waals surface area contributed by atoms with Crippen molar-refractivity contribution in [2.24, 2.45) is 9.98 Å². The summed E-state index contributed by atoms with van der Waals surface area (Å²) in [7, 11) is 2.69. The molecule has 0 fully saturated rings. The molecule has 20 heavy (non-hydrogen) atoms. The van der Waals surface area contributed by atoms with E-state index in [2.05, 4.69) is 9.98 Å². The van der Waals surface area contributed by atoms with Gasteiger partial charge in [0.25, 0.3) is 0 Å². The summed E-state index contributed by atoms with van der Waals surface area (Å²) in [4.78, 5) is 7.61. The molecular formula is C14H41FN2O2Pt. The minimum atomic E-state index is 0. The van der Waals surface area contributed by atoms with Crippen LogP contribution in [-0.2, 0) is 21.1 Å². The standard InChI is InChI=1S/C6H12N2O.3C2H6.CH4O.CH4.FH.Pt.H2/c1-7-4-5-8-3-2-6-9;4*1-2;;;;/h4-5,9H,2-3,6H2,1H3;3*1-2H3;2H,1H3;1H4;1H;;1H/i;;;;;;;;1+1. The fraction of sp³-hybridized carbons (Fsp3) is 0.857. The normalized spacial score (nSPS) is 6.50. The number of halogens is 1. The van der Waals surface area contributed by atoms with Crippen LogP contribution in [0.15, 0.2) is 9.98 Å². The average Bonchev–Trinajstić information content (AvgIpc) is 2.47. The largest absolute Gasteiger partial charge is 0.400 e. The molecule has 0 aromatic carbocycles. The quantitative estimate of drug-likeness (QED) is 0.470. The minimum absolute atomic E-state index is 0. The molecule has 4 nitrogen and oxygen atoms in total. The Morgan fingerprint density at radius 1 is 0.950 bits per heavy atom. The van der Waals surface area contributed by atoms with Crippen molar-refractivity contribution >= 4 is 12.4 Å². The van der Waals surface area contributed by atoms with E-state index in [1.807, 2.05) is 41.5 Å². The van der Waals surface area contributed by atoms with E-state index >= 15 is 0 Å². The molecule has 0 saturated heterocycles. The van der Waals surface area contributed by atoms with Crippen molar-refractivity contribution in [1.29, 1.82) is 0 Å². The van der Waals surface area contributed by atoms with Gasteiger partial charge < -0.3 is 10.2 Å². The van der Waals surface area contributed by atoms with Gasteiger partial charge in [0, 0.05) is 62.2 Å². The van der Waals surface area contributed by atoms with Gasteiger partial charge in [0.1, 0.15) is 0 Å². The van der Waals surface area contributed by atoms with Crippen LogP contribution in [0.5, 0.6) is 0 Å². The maximum atomic E-state index is 8.32. The van der Waals surface area contributed by atoms with Gasteiger partial charge in [-0.05, 0) is 6.42 Å². The van der Waals surface area contributed by atoms with E-state index in [9.17, 15) is 0 Å². The van der Waals surface area contributed by atoms with Crippen molar-refractivity contribution in [2.75, 3.05) is 27.3 Å². The number of rotatable bonds is 4. The molecule has 0 bridgehead atoms. The summed E-state index contributed by atoms with van der Waals surface area (Å²) in [6.45, 7) is 12.9. The van der Waals surface area contributed by atoms with Gasteiger partial charge >= 0.3 is 0 Å². The Morgan fingerprint density at radius 3 is 1.55 bits per heavy atom. The average molecular weight is 485 g/mol. The van der Waals surface area contributed by atoms with Crippen molar-refractivity contribution in [3.63, 3.8) is 0 Å². The third-order valence-electron chi connectivity index (χ3n) is 0.766. The molecule has 2 N–H and O–H groups in total. The molecule has 6 heteroatoms. The van der Waals surface area contributed by atoms with Crippen LogP contribution in [0.1, 0.15) is 56.8 Å². The summed E-state index contributed by atoms with van der Waals surface area (Å²) in [5.74, 6) is 0. The summed E-state index contributed by atoms with van der Waals surface area (Å²) >= 11 is 0. The van der Waals surface area contributed by atoms with E-state index in [-0.39, 0.29) is 41.2 Å². The van der Waals surface area contributed by atoms with Gasteiger partial charge in [0.2, 0.25) is 0 Å². The van der Waals surface area contributed by atoms with E-state index in [1.54, 1.807) is 19.5 Å². The van der Waals surface area contributed by atoms with Gasteiger partial charge in [-0.25, -0.2) is 0 Å². The van der Waals surface area contributed by atoms with Crippen molar-refractivity contribution in [3.8, 4) is 0 Å². The van der Waals surface area contributed by atoms with Crippen LogP contribution >= 0.6 is 0 Å².